The second-order valence-corrected chi connectivity index (χ2v) is 10.1. The van der Waals surface area contributed by atoms with Gasteiger partial charge in [-0.15, -0.1) is 6.58 Å². The lowest BCUT2D eigenvalue weighted by Crippen LogP contribution is -3.11. The van der Waals surface area contributed by atoms with Crippen LogP contribution in [0.25, 0.3) is 0 Å². The Balaban J connectivity index is 1.59. The maximum Gasteiger partial charge on any atom is 0.203 e. The molecule has 0 amide bonds. The van der Waals surface area contributed by atoms with Crippen LogP contribution in [0.1, 0.15) is 29.3 Å². The Hall–Kier alpha value is -1.77. The van der Waals surface area contributed by atoms with Gasteiger partial charge >= 0.3 is 0 Å². The fraction of sp³-hybridized carbons (Fsp3) is 0.474. The van der Waals surface area contributed by atoms with Gasteiger partial charge < -0.3 is 4.90 Å². The van der Waals surface area contributed by atoms with E-state index in [-0.39, 0.29) is 17.4 Å². The lowest BCUT2D eigenvalue weighted by molar-refractivity contribution is -0.939. The van der Waals surface area contributed by atoms with E-state index in [1.54, 1.807) is 6.08 Å². The number of nitrogens with zero attached hydrogens (tertiary/aromatic N) is 3. The minimum Gasteiger partial charge on any atom is -0.312 e. The maximum absolute atomic E-state index is 11.9. The Morgan fingerprint density at radius 3 is 2.81 bits per heavy atom. The molecule has 0 saturated carbocycles. The summed E-state index contributed by atoms with van der Waals surface area (Å²) in [5, 5.41) is 4.77. The van der Waals surface area contributed by atoms with E-state index in [9.17, 15) is 8.42 Å². The highest BCUT2D eigenvalue weighted by atomic mass is 32.2. The van der Waals surface area contributed by atoms with Crippen LogP contribution in [-0.2, 0) is 36.0 Å². The monoisotopic (exact) mass is 405 g/mol. The van der Waals surface area contributed by atoms with E-state index >= 15 is 0 Å². The van der Waals surface area contributed by atoms with Gasteiger partial charge in [-0.2, -0.15) is 9.78 Å². The summed E-state index contributed by atoms with van der Waals surface area (Å²) in [6.07, 6.45) is 3.47. The number of aromatic nitrogens is 3. The van der Waals surface area contributed by atoms with Crippen LogP contribution in [-0.4, -0.2) is 40.8 Å². The standard InChI is InChI=1S/C19H24N4O2S2/c1-2-9-22-18(17-8-11-27(24,25)13-17)20-23(19(22)26)14-21-10-7-15-5-3-4-6-16(15)12-21/h2-6,17H,1,7-14H2/p+1/t17-/m0/s1. The van der Waals surface area contributed by atoms with Crippen LogP contribution >= 0.6 is 12.2 Å². The van der Waals surface area contributed by atoms with Crippen LogP contribution in [0.2, 0.25) is 0 Å². The highest BCUT2D eigenvalue weighted by Crippen LogP contribution is 2.28. The SMILES string of the molecule is C=CCn1c([C@H]2CCS(=O)(=O)C2)nn(C[NH+]2CCc3ccccc3C2)c1=S. The van der Waals surface area contributed by atoms with Crippen LogP contribution < -0.4 is 4.90 Å². The highest BCUT2D eigenvalue weighted by molar-refractivity contribution is 7.91. The van der Waals surface area contributed by atoms with Crippen molar-refractivity contribution in [2.24, 2.45) is 0 Å². The summed E-state index contributed by atoms with van der Waals surface area (Å²) in [6, 6.07) is 8.58. The van der Waals surface area contributed by atoms with Crippen LogP contribution in [0.3, 0.4) is 0 Å². The van der Waals surface area contributed by atoms with Gasteiger partial charge in [0.2, 0.25) is 4.77 Å². The molecule has 1 N–H and O–H groups in total. The van der Waals surface area contributed by atoms with E-state index in [2.05, 4.69) is 30.8 Å². The number of nitrogens with one attached hydrogen (secondary N) is 1. The molecule has 0 bridgehead atoms. The lowest BCUT2D eigenvalue weighted by atomic mass is 10.0. The van der Waals surface area contributed by atoms with Crippen molar-refractivity contribution in [1.82, 2.24) is 14.3 Å². The second-order valence-electron chi connectivity index (χ2n) is 7.49. The number of hydrogen-bond donors (Lipinski definition) is 1. The van der Waals surface area contributed by atoms with E-state index in [0.29, 0.717) is 24.4 Å². The van der Waals surface area contributed by atoms with Gasteiger partial charge in [-0.1, -0.05) is 30.3 Å². The average Bonchev–Trinajstić information content (AvgIpc) is 3.16. The molecular weight excluding hydrogens is 380 g/mol. The van der Waals surface area contributed by atoms with Crippen molar-refractivity contribution >= 4 is 22.1 Å². The average molecular weight is 406 g/mol. The zero-order valence-corrected chi connectivity index (χ0v) is 16.9. The molecular formula is C19H25N4O2S2+. The molecule has 2 aliphatic rings. The summed E-state index contributed by atoms with van der Waals surface area (Å²) in [4.78, 5) is 1.42. The number of sulfone groups is 1. The van der Waals surface area contributed by atoms with E-state index in [1.165, 1.54) is 16.0 Å². The summed E-state index contributed by atoms with van der Waals surface area (Å²) in [6.45, 7) is 7.07. The molecule has 1 aromatic heterocycles. The summed E-state index contributed by atoms with van der Waals surface area (Å²) < 4.78 is 28.3. The van der Waals surface area contributed by atoms with Crippen molar-refractivity contribution in [3.63, 3.8) is 0 Å². The fourth-order valence-corrected chi connectivity index (χ4v) is 6.16. The van der Waals surface area contributed by atoms with Crippen molar-refractivity contribution in [2.45, 2.75) is 38.5 Å². The zero-order chi connectivity index (χ0) is 19.0. The Bertz CT molecular complexity index is 1020. The van der Waals surface area contributed by atoms with Gasteiger partial charge in [0.05, 0.1) is 18.1 Å². The first-order valence-corrected chi connectivity index (χ1v) is 11.6. The van der Waals surface area contributed by atoms with Crippen LogP contribution in [0, 0.1) is 4.77 Å². The van der Waals surface area contributed by atoms with E-state index in [4.69, 9.17) is 17.3 Å². The van der Waals surface area contributed by atoms with Gasteiger partial charge in [-0.3, -0.25) is 4.57 Å². The van der Waals surface area contributed by atoms with Gasteiger partial charge in [-0.05, 0) is 24.2 Å². The molecule has 2 aliphatic heterocycles. The molecule has 0 radical (unpaired) electrons. The maximum atomic E-state index is 11.9. The van der Waals surface area contributed by atoms with Gasteiger partial charge in [0.15, 0.2) is 16.5 Å². The fourth-order valence-electron chi connectivity index (χ4n) is 4.15. The molecule has 1 aromatic carbocycles. The summed E-state index contributed by atoms with van der Waals surface area (Å²) >= 11 is 5.67. The number of rotatable bonds is 5. The van der Waals surface area contributed by atoms with Gasteiger partial charge in [0, 0.05) is 24.4 Å². The molecule has 4 rings (SSSR count). The zero-order valence-electron chi connectivity index (χ0n) is 15.3. The van der Waals surface area contributed by atoms with Crippen molar-refractivity contribution in [2.75, 3.05) is 18.1 Å². The molecule has 2 atom stereocenters. The summed E-state index contributed by atoms with van der Waals surface area (Å²) in [5.41, 5.74) is 2.82. The highest BCUT2D eigenvalue weighted by Gasteiger charge is 2.33. The second kappa shape index (κ2) is 7.33. The molecule has 27 heavy (non-hydrogen) atoms. The molecule has 3 heterocycles. The van der Waals surface area contributed by atoms with Crippen LogP contribution in [0.4, 0.5) is 0 Å². The van der Waals surface area contributed by atoms with E-state index < -0.39 is 9.84 Å². The molecule has 144 valence electrons. The molecule has 0 spiro atoms. The Kier molecular flexibility index (Phi) is 5.05. The number of allylic oxidation sites excluding steroid dienone is 1. The summed E-state index contributed by atoms with van der Waals surface area (Å²) in [7, 11) is -2.97. The van der Waals surface area contributed by atoms with Crippen molar-refractivity contribution in [3.8, 4) is 0 Å². The van der Waals surface area contributed by atoms with Gasteiger partial charge in [0.25, 0.3) is 0 Å². The van der Waals surface area contributed by atoms with Gasteiger partial charge in [0.1, 0.15) is 12.4 Å². The number of benzene rings is 1. The van der Waals surface area contributed by atoms with Gasteiger partial charge in [-0.25, -0.2) is 8.42 Å². The van der Waals surface area contributed by atoms with Crippen LogP contribution in [0.15, 0.2) is 36.9 Å². The van der Waals surface area contributed by atoms with Crippen molar-refractivity contribution < 1.29 is 13.3 Å². The minimum absolute atomic E-state index is 0.0741. The molecule has 8 heteroatoms. The predicted octanol–water partition coefficient (Wildman–Crippen LogP) is 1.10. The smallest absolute Gasteiger partial charge is 0.203 e. The van der Waals surface area contributed by atoms with Crippen LogP contribution in [0.5, 0.6) is 0 Å². The largest absolute Gasteiger partial charge is 0.312 e. The topological polar surface area (TPSA) is 61.3 Å². The normalized spacial score (nSPS) is 23.9. The van der Waals surface area contributed by atoms with Crippen molar-refractivity contribution in [3.05, 3.63) is 58.6 Å². The third-order valence-electron chi connectivity index (χ3n) is 5.54. The van der Waals surface area contributed by atoms with E-state index in [1.807, 2.05) is 9.25 Å². The lowest BCUT2D eigenvalue weighted by Gasteiger charge is -2.25. The first-order chi connectivity index (χ1) is 13.0. The third-order valence-corrected chi connectivity index (χ3v) is 7.74. The molecule has 2 aromatic rings. The summed E-state index contributed by atoms with van der Waals surface area (Å²) in [5.74, 6) is 1.12. The first kappa shape index (κ1) is 18.6. The Morgan fingerprint density at radius 2 is 2.11 bits per heavy atom. The minimum atomic E-state index is -2.97. The number of quaternary nitrogens is 1. The number of hydrogen-bond acceptors (Lipinski definition) is 4. The molecule has 1 fully saturated rings. The Morgan fingerprint density at radius 1 is 1.33 bits per heavy atom. The third kappa shape index (κ3) is 3.79. The molecule has 0 aliphatic carbocycles. The molecule has 1 saturated heterocycles. The van der Waals surface area contributed by atoms with Crippen molar-refractivity contribution in [1.29, 1.82) is 0 Å². The quantitative estimate of drug-likeness (QED) is 0.598. The number of fused-ring (bicyclic) bond motifs is 1. The first-order valence-electron chi connectivity index (χ1n) is 9.36. The molecule has 6 nitrogen and oxygen atoms in total. The Labute approximate surface area is 165 Å². The van der Waals surface area contributed by atoms with E-state index in [0.717, 1.165) is 25.3 Å². The molecule has 1 unspecified atom stereocenters. The predicted molar refractivity (Wildman–Crippen MR) is 107 cm³/mol.